The number of thiophene rings is 1. The van der Waals surface area contributed by atoms with E-state index in [9.17, 15) is 4.79 Å². The average molecular weight is 363 g/mol. The van der Waals surface area contributed by atoms with Crippen molar-refractivity contribution in [2.75, 3.05) is 5.32 Å². The SMILES string of the molecule is O=C1N[C@H](c2ccc(Br)cc2)Nc2sc3c(c21)CCCC3. The molecule has 1 amide bonds. The normalized spacial score (nSPS) is 20.2. The summed E-state index contributed by atoms with van der Waals surface area (Å²) in [6.45, 7) is 0. The largest absolute Gasteiger partial charge is 0.353 e. The zero-order valence-electron chi connectivity index (χ0n) is 11.4. The molecule has 1 aromatic carbocycles. The summed E-state index contributed by atoms with van der Waals surface area (Å²) in [6, 6.07) is 8.05. The highest BCUT2D eigenvalue weighted by Crippen LogP contribution is 2.41. The minimum Gasteiger partial charge on any atom is -0.353 e. The summed E-state index contributed by atoms with van der Waals surface area (Å²) >= 11 is 5.20. The lowest BCUT2D eigenvalue weighted by Crippen LogP contribution is -2.38. The Kier molecular flexibility index (Phi) is 3.27. The number of hydrogen-bond acceptors (Lipinski definition) is 3. The van der Waals surface area contributed by atoms with E-state index in [-0.39, 0.29) is 12.1 Å². The van der Waals surface area contributed by atoms with E-state index in [0.717, 1.165) is 33.4 Å². The maximum absolute atomic E-state index is 12.5. The number of nitrogens with one attached hydrogen (secondary N) is 2. The van der Waals surface area contributed by atoms with Gasteiger partial charge >= 0.3 is 0 Å². The fourth-order valence-corrected chi connectivity index (χ4v) is 4.68. The van der Waals surface area contributed by atoms with Crippen molar-refractivity contribution in [3.8, 4) is 0 Å². The molecule has 3 nitrogen and oxygen atoms in total. The van der Waals surface area contributed by atoms with Gasteiger partial charge in [-0.3, -0.25) is 4.79 Å². The summed E-state index contributed by atoms with van der Waals surface area (Å²) < 4.78 is 1.04. The topological polar surface area (TPSA) is 41.1 Å². The van der Waals surface area contributed by atoms with Gasteiger partial charge < -0.3 is 10.6 Å². The molecule has 2 aromatic rings. The first-order chi connectivity index (χ1) is 10.2. The first-order valence-corrected chi connectivity index (χ1v) is 8.81. The highest BCUT2D eigenvalue weighted by Gasteiger charge is 2.31. The zero-order valence-corrected chi connectivity index (χ0v) is 13.8. The molecule has 0 bridgehead atoms. The Hall–Kier alpha value is -1.33. The van der Waals surface area contributed by atoms with Crippen LogP contribution in [0.5, 0.6) is 0 Å². The Balaban J connectivity index is 1.70. The highest BCUT2D eigenvalue weighted by molar-refractivity contribution is 9.10. The lowest BCUT2D eigenvalue weighted by molar-refractivity contribution is 0.0935. The standard InChI is InChI=1S/C16H15BrN2OS/c17-10-7-5-9(6-8-10)14-18-15(20)13-11-3-1-2-4-12(11)21-16(13)19-14/h5-8,14,19H,1-4H2,(H,18,20)/t14-/m0/s1. The second-order valence-corrected chi connectivity index (χ2v) is 7.54. The molecule has 1 aliphatic heterocycles. The predicted molar refractivity (Wildman–Crippen MR) is 88.9 cm³/mol. The van der Waals surface area contributed by atoms with Crippen molar-refractivity contribution in [1.29, 1.82) is 0 Å². The first kappa shape index (κ1) is 13.3. The van der Waals surface area contributed by atoms with Gasteiger partial charge in [-0.1, -0.05) is 28.1 Å². The van der Waals surface area contributed by atoms with Crippen LogP contribution >= 0.6 is 27.3 Å². The Morgan fingerprint density at radius 2 is 1.86 bits per heavy atom. The Bertz CT molecular complexity index is 708. The highest BCUT2D eigenvalue weighted by atomic mass is 79.9. The lowest BCUT2D eigenvalue weighted by atomic mass is 9.94. The number of hydrogen-bond donors (Lipinski definition) is 2. The molecule has 0 saturated heterocycles. The van der Waals surface area contributed by atoms with Crippen molar-refractivity contribution in [2.24, 2.45) is 0 Å². The molecule has 1 atom stereocenters. The van der Waals surface area contributed by atoms with Gasteiger partial charge in [0, 0.05) is 9.35 Å². The van der Waals surface area contributed by atoms with E-state index in [2.05, 4.69) is 26.6 Å². The minimum absolute atomic E-state index is 0.0658. The van der Waals surface area contributed by atoms with E-state index in [1.807, 2.05) is 24.3 Å². The summed E-state index contributed by atoms with van der Waals surface area (Å²) in [6.07, 6.45) is 4.45. The number of amides is 1. The smallest absolute Gasteiger partial charge is 0.256 e. The predicted octanol–water partition coefficient (Wildman–Crippen LogP) is 4.24. The molecule has 2 N–H and O–H groups in total. The number of carbonyl (C=O) groups excluding carboxylic acids is 1. The molecule has 21 heavy (non-hydrogen) atoms. The molecule has 108 valence electrons. The third-order valence-corrected chi connectivity index (χ3v) is 5.90. The minimum atomic E-state index is -0.141. The van der Waals surface area contributed by atoms with Crippen LogP contribution in [-0.4, -0.2) is 5.91 Å². The maximum atomic E-state index is 12.5. The molecular formula is C16H15BrN2OS. The summed E-state index contributed by atoms with van der Waals surface area (Å²) in [5.41, 5.74) is 3.24. The van der Waals surface area contributed by atoms with Gasteiger partial charge in [0.2, 0.25) is 0 Å². The molecule has 5 heteroatoms. The number of anilines is 1. The van der Waals surface area contributed by atoms with E-state index in [0.29, 0.717) is 0 Å². The third-order valence-electron chi connectivity index (χ3n) is 4.15. The van der Waals surface area contributed by atoms with Gasteiger partial charge in [-0.05, 0) is 48.9 Å². The molecule has 1 aliphatic carbocycles. The van der Waals surface area contributed by atoms with Gasteiger partial charge in [0.1, 0.15) is 11.2 Å². The van der Waals surface area contributed by atoms with E-state index in [1.54, 1.807) is 11.3 Å². The van der Waals surface area contributed by atoms with Crippen molar-refractivity contribution < 1.29 is 4.79 Å². The van der Waals surface area contributed by atoms with Crippen molar-refractivity contribution >= 4 is 38.2 Å². The Morgan fingerprint density at radius 3 is 2.67 bits per heavy atom. The van der Waals surface area contributed by atoms with Gasteiger partial charge in [-0.15, -0.1) is 11.3 Å². The number of aryl methyl sites for hydroxylation is 1. The first-order valence-electron chi connectivity index (χ1n) is 7.20. The maximum Gasteiger partial charge on any atom is 0.256 e. The Labute approximate surface area is 135 Å². The van der Waals surface area contributed by atoms with E-state index in [4.69, 9.17) is 0 Å². The van der Waals surface area contributed by atoms with Crippen LogP contribution < -0.4 is 10.6 Å². The fourth-order valence-electron chi connectivity index (χ4n) is 3.10. The van der Waals surface area contributed by atoms with Crippen LogP contribution in [0.2, 0.25) is 0 Å². The molecular weight excluding hydrogens is 348 g/mol. The summed E-state index contributed by atoms with van der Waals surface area (Å²) in [4.78, 5) is 13.9. The number of benzene rings is 1. The van der Waals surface area contributed by atoms with Crippen molar-refractivity contribution in [3.05, 3.63) is 50.3 Å². The molecule has 0 spiro atoms. The molecule has 2 heterocycles. The fraction of sp³-hybridized carbons (Fsp3) is 0.312. The quantitative estimate of drug-likeness (QED) is 0.796. The van der Waals surface area contributed by atoms with Gasteiger partial charge in [-0.2, -0.15) is 0 Å². The van der Waals surface area contributed by atoms with E-state index in [1.165, 1.54) is 23.3 Å². The monoisotopic (exact) mass is 362 g/mol. The molecule has 1 aromatic heterocycles. The van der Waals surface area contributed by atoms with Crippen molar-refractivity contribution in [1.82, 2.24) is 5.32 Å². The van der Waals surface area contributed by atoms with Crippen molar-refractivity contribution in [3.63, 3.8) is 0 Å². The number of rotatable bonds is 1. The molecule has 0 unspecified atom stereocenters. The van der Waals surface area contributed by atoms with Crippen molar-refractivity contribution in [2.45, 2.75) is 31.8 Å². The molecule has 4 rings (SSSR count). The van der Waals surface area contributed by atoms with Gasteiger partial charge in [0.25, 0.3) is 5.91 Å². The average Bonchev–Trinajstić information content (AvgIpc) is 2.86. The number of carbonyl (C=O) groups is 1. The van der Waals surface area contributed by atoms with Gasteiger partial charge in [0.05, 0.1) is 5.56 Å². The lowest BCUT2D eigenvalue weighted by Gasteiger charge is -2.26. The van der Waals surface area contributed by atoms with Crippen LogP contribution in [0.15, 0.2) is 28.7 Å². The second-order valence-electron chi connectivity index (χ2n) is 5.52. The van der Waals surface area contributed by atoms with E-state index >= 15 is 0 Å². The second kappa shape index (κ2) is 5.14. The van der Waals surface area contributed by atoms with Crippen LogP contribution in [0, 0.1) is 0 Å². The third kappa shape index (κ3) is 2.28. The molecule has 0 saturated carbocycles. The van der Waals surface area contributed by atoms with E-state index < -0.39 is 0 Å². The molecule has 2 aliphatic rings. The van der Waals surface area contributed by atoms with Crippen LogP contribution in [0.4, 0.5) is 5.00 Å². The number of fused-ring (bicyclic) bond motifs is 3. The van der Waals surface area contributed by atoms with Crippen LogP contribution in [0.3, 0.4) is 0 Å². The molecule has 0 radical (unpaired) electrons. The van der Waals surface area contributed by atoms with Crippen LogP contribution in [0.25, 0.3) is 0 Å². The molecule has 0 fully saturated rings. The Morgan fingerprint density at radius 1 is 1.10 bits per heavy atom. The summed E-state index contributed by atoms with van der Waals surface area (Å²) in [7, 11) is 0. The summed E-state index contributed by atoms with van der Waals surface area (Å²) in [5, 5.41) is 7.62. The number of halogens is 1. The van der Waals surface area contributed by atoms with Gasteiger partial charge in [-0.25, -0.2) is 0 Å². The van der Waals surface area contributed by atoms with Crippen LogP contribution in [0.1, 0.15) is 45.4 Å². The summed E-state index contributed by atoms with van der Waals surface area (Å²) in [5.74, 6) is 0.0658. The van der Waals surface area contributed by atoms with Gasteiger partial charge in [0.15, 0.2) is 0 Å². The van der Waals surface area contributed by atoms with Crippen LogP contribution in [-0.2, 0) is 12.8 Å². The zero-order chi connectivity index (χ0) is 14.4.